The fraction of sp³-hybridized carbons (Fsp3) is 0.105. The fourth-order valence-electron chi connectivity index (χ4n) is 3.21. The van der Waals surface area contributed by atoms with E-state index in [0.29, 0.717) is 18.7 Å². The fourth-order valence-corrected chi connectivity index (χ4v) is 3.21. The van der Waals surface area contributed by atoms with Crippen LogP contribution < -0.4 is 11.1 Å². The second-order valence-electron chi connectivity index (χ2n) is 5.51. The molecule has 4 aromatic rings. The first-order valence-corrected chi connectivity index (χ1v) is 7.44. The van der Waals surface area contributed by atoms with Crippen LogP contribution in [0.2, 0.25) is 0 Å². The van der Waals surface area contributed by atoms with Crippen molar-refractivity contribution in [2.75, 3.05) is 13.1 Å². The number of nitrogens with two attached hydrogens (primary N) is 1. The van der Waals surface area contributed by atoms with E-state index in [0.717, 1.165) is 16.2 Å². The first-order chi connectivity index (χ1) is 10.8. The maximum atomic E-state index is 12.4. The predicted molar refractivity (Wildman–Crippen MR) is 91.5 cm³/mol. The maximum Gasteiger partial charge on any atom is 0.251 e. The standard InChI is InChI=1S/C19H16N2O/c20-10-11-21-19(22)16-9-7-14-5-4-12-2-1-3-13-6-8-15(16)18(14)17(12)13/h1-9H,10-11,20H2,(H,21,22). The number of hydrogen-bond donors (Lipinski definition) is 2. The summed E-state index contributed by atoms with van der Waals surface area (Å²) in [5.41, 5.74) is 6.18. The van der Waals surface area contributed by atoms with Crippen molar-refractivity contribution in [3.63, 3.8) is 0 Å². The minimum absolute atomic E-state index is 0.0663. The molecular formula is C19H16N2O. The van der Waals surface area contributed by atoms with E-state index in [-0.39, 0.29) is 5.91 Å². The summed E-state index contributed by atoms with van der Waals surface area (Å²) in [7, 11) is 0. The van der Waals surface area contributed by atoms with Crippen LogP contribution in [0.1, 0.15) is 10.4 Å². The summed E-state index contributed by atoms with van der Waals surface area (Å²) in [6, 6.07) is 18.6. The highest BCUT2D eigenvalue weighted by molar-refractivity contribution is 6.26. The lowest BCUT2D eigenvalue weighted by Crippen LogP contribution is -2.29. The third kappa shape index (κ3) is 1.83. The lowest BCUT2D eigenvalue weighted by atomic mass is 9.92. The Morgan fingerprint density at radius 2 is 1.50 bits per heavy atom. The Hall–Kier alpha value is -2.65. The van der Waals surface area contributed by atoms with Gasteiger partial charge in [0.2, 0.25) is 0 Å². The molecule has 3 nitrogen and oxygen atoms in total. The summed E-state index contributed by atoms with van der Waals surface area (Å²) in [6.07, 6.45) is 0. The van der Waals surface area contributed by atoms with Crippen molar-refractivity contribution in [2.24, 2.45) is 5.73 Å². The topological polar surface area (TPSA) is 55.1 Å². The lowest BCUT2D eigenvalue weighted by molar-refractivity contribution is 0.0956. The van der Waals surface area contributed by atoms with Gasteiger partial charge >= 0.3 is 0 Å². The number of amides is 1. The molecule has 0 atom stereocenters. The summed E-state index contributed by atoms with van der Waals surface area (Å²) >= 11 is 0. The molecule has 108 valence electrons. The molecule has 0 aliphatic heterocycles. The van der Waals surface area contributed by atoms with E-state index in [1.807, 2.05) is 18.2 Å². The van der Waals surface area contributed by atoms with Gasteiger partial charge in [0.25, 0.3) is 5.91 Å². The van der Waals surface area contributed by atoms with Crippen molar-refractivity contribution in [3.8, 4) is 0 Å². The van der Waals surface area contributed by atoms with Crippen LogP contribution in [0.25, 0.3) is 32.3 Å². The molecule has 0 fully saturated rings. The van der Waals surface area contributed by atoms with Crippen molar-refractivity contribution in [1.29, 1.82) is 0 Å². The molecule has 0 radical (unpaired) electrons. The molecule has 0 unspecified atom stereocenters. The van der Waals surface area contributed by atoms with E-state index in [1.54, 1.807) is 0 Å². The Morgan fingerprint density at radius 1 is 0.864 bits per heavy atom. The minimum Gasteiger partial charge on any atom is -0.351 e. The van der Waals surface area contributed by atoms with Gasteiger partial charge < -0.3 is 11.1 Å². The summed E-state index contributed by atoms with van der Waals surface area (Å²) in [5.74, 6) is -0.0663. The first kappa shape index (κ1) is 13.0. The van der Waals surface area contributed by atoms with Crippen molar-refractivity contribution >= 4 is 38.2 Å². The molecule has 0 bridgehead atoms. The van der Waals surface area contributed by atoms with Gasteiger partial charge in [0.05, 0.1) is 0 Å². The molecule has 3 N–H and O–H groups in total. The number of carbonyl (C=O) groups excluding carboxylic acids is 1. The summed E-state index contributed by atoms with van der Waals surface area (Å²) in [6.45, 7) is 0.929. The van der Waals surface area contributed by atoms with Crippen LogP contribution in [-0.4, -0.2) is 19.0 Å². The third-order valence-electron chi connectivity index (χ3n) is 4.20. The van der Waals surface area contributed by atoms with Crippen molar-refractivity contribution < 1.29 is 4.79 Å². The molecule has 0 saturated carbocycles. The smallest absolute Gasteiger partial charge is 0.251 e. The van der Waals surface area contributed by atoms with Crippen LogP contribution in [0.5, 0.6) is 0 Å². The average molecular weight is 288 g/mol. The van der Waals surface area contributed by atoms with Gasteiger partial charge in [-0.2, -0.15) is 0 Å². The number of carbonyl (C=O) groups is 1. The van der Waals surface area contributed by atoms with Crippen molar-refractivity contribution in [2.45, 2.75) is 0 Å². The molecule has 0 aliphatic carbocycles. The maximum absolute atomic E-state index is 12.4. The van der Waals surface area contributed by atoms with Crippen LogP contribution in [-0.2, 0) is 0 Å². The number of nitrogens with one attached hydrogen (secondary N) is 1. The van der Waals surface area contributed by atoms with Gasteiger partial charge in [0.1, 0.15) is 0 Å². The zero-order valence-corrected chi connectivity index (χ0v) is 12.1. The van der Waals surface area contributed by atoms with Gasteiger partial charge in [-0.3, -0.25) is 4.79 Å². The third-order valence-corrected chi connectivity index (χ3v) is 4.20. The summed E-state index contributed by atoms with van der Waals surface area (Å²) in [4.78, 5) is 12.4. The second-order valence-corrected chi connectivity index (χ2v) is 5.51. The molecule has 4 rings (SSSR count). The summed E-state index contributed by atoms with van der Waals surface area (Å²) < 4.78 is 0. The van der Waals surface area contributed by atoms with Gasteiger partial charge in [-0.25, -0.2) is 0 Å². The number of rotatable bonds is 3. The van der Waals surface area contributed by atoms with E-state index < -0.39 is 0 Å². The van der Waals surface area contributed by atoms with E-state index >= 15 is 0 Å². The minimum atomic E-state index is -0.0663. The van der Waals surface area contributed by atoms with Gasteiger partial charge in [0.15, 0.2) is 0 Å². The molecule has 3 heteroatoms. The highest BCUT2D eigenvalue weighted by atomic mass is 16.1. The Kier molecular flexibility index (Phi) is 2.94. The number of hydrogen-bond acceptors (Lipinski definition) is 2. The molecular weight excluding hydrogens is 272 g/mol. The second kappa shape index (κ2) is 4.97. The SMILES string of the molecule is NCCNC(=O)c1ccc2ccc3cccc4ccc1c2c34. The molecule has 1 amide bonds. The highest BCUT2D eigenvalue weighted by Crippen LogP contribution is 2.35. The largest absolute Gasteiger partial charge is 0.351 e. The molecule has 0 saturated heterocycles. The zero-order chi connectivity index (χ0) is 15.1. The van der Waals surface area contributed by atoms with Gasteiger partial charge in [-0.15, -0.1) is 0 Å². The zero-order valence-electron chi connectivity index (χ0n) is 12.1. The Labute approximate surface area is 128 Å². The van der Waals surface area contributed by atoms with Crippen molar-refractivity contribution in [1.82, 2.24) is 5.32 Å². The normalized spacial score (nSPS) is 11.5. The van der Waals surface area contributed by atoms with Crippen molar-refractivity contribution in [3.05, 3.63) is 60.2 Å². The van der Waals surface area contributed by atoms with E-state index in [1.165, 1.54) is 16.2 Å². The Balaban J connectivity index is 2.06. The molecule has 0 heterocycles. The van der Waals surface area contributed by atoms with Gasteiger partial charge in [-0.1, -0.05) is 48.5 Å². The molecule has 22 heavy (non-hydrogen) atoms. The molecule has 0 aliphatic rings. The van der Waals surface area contributed by atoms with Crippen LogP contribution in [0.15, 0.2) is 54.6 Å². The predicted octanol–water partition coefficient (Wildman–Crippen LogP) is 3.27. The van der Waals surface area contributed by atoms with E-state index in [9.17, 15) is 4.79 Å². The summed E-state index contributed by atoms with van der Waals surface area (Å²) in [5, 5.41) is 9.82. The van der Waals surface area contributed by atoms with Gasteiger partial charge in [-0.05, 0) is 38.4 Å². The number of benzene rings is 4. The van der Waals surface area contributed by atoms with E-state index in [2.05, 4.69) is 41.7 Å². The Bertz CT molecular complexity index is 975. The van der Waals surface area contributed by atoms with Crippen LogP contribution in [0.3, 0.4) is 0 Å². The lowest BCUT2D eigenvalue weighted by Gasteiger charge is -2.13. The molecule has 0 spiro atoms. The monoisotopic (exact) mass is 288 g/mol. The first-order valence-electron chi connectivity index (χ1n) is 7.44. The van der Waals surface area contributed by atoms with E-state index in [4.69, 9.17) is 5.73 Å². The van der Waals surface area contributed by atoms with Crippen LogP contribution in [0.4, 0.5) is 0 Å². The average Bonchev–Trinajstić information content (AvgIpc) is 2.57. The molecule has 4 aromatic carbocycles. The van der Waals surface area contributed by atoms with Gasteiger partial charge in [0, 0.05) is 18.7 Å². The Morgan fingerprint density at radius 3 is 2.23 bits per heavy atom. The highest BCUT2D eigenvalue weighted by Gasteiger charge is 2.14. The van der Waals surface area contributed by atoms with Crippen LogP contribution in [0, 0.1) is 0 Å². The quantitative estimate of drug-likeness (QED) is 0.568. The molecule has 0 aromatic heterocycles. The van der Waals surface area contributed by atoms with Crippen LogP contribution >= 0.6 is 0 Å².